The number of fused-ring (bicyclic) bond motifs is 2. The van der Waals surface area contributed by atoms with E-state index in [9.17, 15) is 9.59 Å². The second kappa shape index (κ2) is 4.41. The molecule has 5 nitrogen and oxygen atoms in total. The highest BCUT2D eigenvalue weighted by atomic mass is 16.2. The number of aliphatic imine (C=N–C) groups is 1. The molecule has 2 aliphatic rings. The van der Waals surface area contributed by atoms with Crippen molar-refractivity contribution >= 4 is 34.6 Å². The number of hydrogen-bond acceptors (Lipinski definition) is 4. The Kier molecular flexibility index (Phi) is 2.54. The van der Waals surface area contributed by atoms with Crippen LogP contribution < -0.4 is 5.32 Å². The number of hydrogen-bond donors (Lipinski definition) is 1. The molecule has 2 aromatic rings. The predicted octanol–water partition coefficient (Wildman–Crippen LogP) is 1.73. The van der Waals surface area contributed by atoms with Crippen molar-refractivity contribution in [2.45, 2.75) is 19.0 Å². The lowest BCUT2D eigenvalue weighted by Gasteiger charge is -2.28. The van der Waals surface area contributed by atoms with Gasteiger partial charge in [-0.15, -0.1) is 0 Å². The number of benzene rings is 2. The molecule has 1 unspecified atom stereocenters. The fraction of sp³-hybridized carbons (Fsp3) is 0.188. The molecule has 0 saturated carbocycles. The van der Waals surface area contributed by atoms with Gasteiger partial charge in [-0.1, -0.05) is 24.3 Å². The number of nitrogens with one attached hydrogen (secondary N) is 1. The summed E-state index contributed by atoms with van der Waals surface area (Å²) in [5.74, 6) is -0.460. The fourth-order valence-electron chi connectivity index (χ4n) is 2.89. The molecule has 0 spiro atoms. The van der Waals surface area contributed by atoms with Gasteiger partial charge >= 0.3 is 0 Å². The lowest BCUT2D eigenvalue weighted by molar-refractivity contribution is -0.125. The van der Waals surface area contributed by atoms with E-state index in [1.807, 2.05) is 17.0 Å². The summed E-state index contributed by atoms with van der Waals surface area (Å²) >= 11 is 0. The molecule has 0 aromatic heterocycles. The smallest absolute Gasteiger partial charge is 0.249 e. The van der Waals surface area contributed by atoms with E-state index in [1.165, 1.54) is 0 Å². The third-order valence-electron chi connectivity index (χ3n) is 3.99. The molecule has 2 amide bonds. The van der Waals surface area contributed by atoms with Crippen molar-refractivity contribution in [1.82, 2.24) is 10.2 Å². The summed E-state index contributed by atoms with van der Waals surface area (Å²) in [7, 11) is 0. The minimum Gasteiger partial charge on any atom is -0.346 e. The van der Waals surface area contributed by atoms with E-state index in [1.54, 1.807) is 6.34 Å². The Labute approximate surface area is 121 Å². The molecule has 4 rings (SSSR count). The third-order valence-corrected chi connectivity index (χ3v) is 3.99. The average molecular weight is 279 g/mol. The maximum Gasteiger partial charge on any atom is 0.249 e. The standard InChI is InChI=1S/C16H13N3O2/c20-15-7-14(16(21)18-15)19-8-12-5-10-3-1-2-4-11(10)6-13(12)17-9-19/h1-6,9,14H,7-8H2,(H,18,20,21). The Morgan fingerprint density at radius 3 is 2.62 bits per heavy atom. The van der Waals surface area contributed by atoms with E-state index >= 15 is 0 Å². The van der Waals surface area contributed by atoms with Gasteiger partial charge < -0.3 is 4.90 Å². The molecule has 1 atom stereocenters. The van der Waals surface area contributed by atoms with Gasteiger partial charge in [0.2, 0.25) is 11.8 Å². The van der Waals surface area contributed by atoms with Crippen LogP contribution in [0.3, 0.4) is 0 Å². The largest absolute Gasteiger partial charge is 0.346 e. The molecule has 104 valence electrons. The van der Waals surface area contributed by atoms with Crippen LogP contribution in [0.4, 0.5) is 5.69 Å². The first-order chi connectivity index (χ1) is 10.2. The molecule has 5 heteroatoms. The van der Waals surface area contributed by atoms with Gasteiger partial charge in [0.15, 0.2) is 0 Å². The van der Waals surface area contributed by atoms with Gasteiger partial charge in [0.25, 0.3) is 0 Å². The Morgan fingerprint density at radius 1 is 1.14 bits per heavy atom. The van der Waals surface area contributed by atoms with Crippen molar-refractivity contribution in [3.63, 3.8) is 0 Å². The van der Waals surface area contributed by atoms with Gasteiger partial charge in [-0.3, -0.25) is 14.9 Å². The zero-order valence-electron chi connectivity index (χ0n) is 11.2. The number of imide groups is 1. The van der Waals surface area contributed by atoms with E-state index in [-0.39, 0.29) is 18.2 Å². The highest BCUT2D eigenvalue weighted by Gasteiger charge is 2.35. The summed E-state index contributed by atoms with van der Waals surface area (Å²) in [6.07, 6.45) is 1.87. The zero-order valence-corrected chi connectivity index (χ0v) is 11.2. The van der Waals surface area contributed by atoms with Crippen LogP contribution in [0.1, 0.15) is 12.0 Å². The highest BCUT2D eigenvalue weighted by Crippen LogP contribution is 2.30. The van der Waals surface area contributed by atoms with Gasteiger partial charge in [-0.25, -0.2) is 4.99 Å². The Balaban J connectivity index is 1.70. The minimum absolute atomic E-state index is 0.202. The van der Waals surface area contributed by atoms with Gasteiger partial charge in [0, 0.05) is 6.54 Å². The molecule has 2 heterocycles. The van der Waals surface area contributed by atoms with E-state index in [4.69, 9.17) is 0 Å². The first kappa shape index (κ1) is 12.1. The summed E-state index contributed by atoms with van der Waals surface area (Å²) < 4.78 is 0. The van der Waals surface area contributed by atoms with Gasteiger partial charge in [0.05, 0.1) is 18.4 Å². The van der Waals surface area contributed by atoms with E-state index in [2.05, 4.69) is 34.6 Å². The summed E-state index contributed by atoms with van der Waals surface area (Å²) in [4.78, 5) is 29.4. The molecule has 21 heavy (non-hydrogen) atoms. The average Bonchev–Trinajstić information content (AvgIpc) is 2.83. The normalized spacial score (nSPS) is 20.8. The zero-order chi connectivity index (χ0) is 14.4. The molecular formula is C16H13N3O2. The van der Waals surface area contributed by atoms with Crippen LogP contribution in [0.5, 0.6) is 0 Å². The van der Waals surface area contributed by atoms with Crippen molar-refractivity contribution in [2.75, 3.05) is 0 Å². The van der Waals surface area contributed by atoms with Gasteiger partial charge in [0.1, 0.15) is 6.04 Å². The fourth-order valence-corrected chi connectivity index (χ4v) is 2.89. The summed E-state index contributed by atoms with van der Waals surface area (Å²) in [6.45, 7) is 0.592. The van der Waals surface area contributed by atoms with Gasteiger partial charge in [-0.05, 0) is 28.5 Å². The van der Waals surface area contributed by atoms with Crippen LogP contribution in [-0.2, 0) is 16.1 Å². The van der Waals surface area contributed by atoms with Gasteiger partial charge in [-0.2, -0.15) is 0 Å². The van der Waals surface area contributed by atoms with Crippen LogP contribution in [0.15, 0.2) is 41.4 Å². The van der Waals surface area contributed by atoms with Crippen molar-refractivity contribution < 1.29 is 9.59 Å². The second-order valence-corrected chi connectivity index (χ2v) is 5.38. The lowest BCUT2D eigenvalue weighted by atomic mass is 10.0. The van der Waals surface area contributed by atoms with Crippen molar-refractivity contribution in [3.05, 3.63) is 42.0 Å². The topological polar surface area (TPSA) is 61.8 Å². The van der Waals surface area contributed by atoms with Crippen LogP contribution >= 0.6 is 0 Å². The lowest BCUT2D eigenvalue weighted by Crippen LogP contribution is -2.40. The summed E-state index contributed by atoms with van der Waals surface area (Å²) in [5.41, 5.74) is 2.00. The number of carbonyl (C=O) groups is 2. The summed E-state index contributed by atoms with van der Waals surface area (Å²) in [6, 6.07) is 11.8. The first-order valence-electron chi connectivity index (χ1n) is 6.86. The molecular weight excluding hydrogens is 266 g/mol. The Hall–Kier alpha value is -2.69. The third kappa shape index (κ3) is 1.98. The molecule has 0 bridgehead atoms. The Morgan fingerprint density at radius 2 is 1.90 bits per heavy atom. The predicted molar refractivity (Wildman–Crippen MR) is 79.2 cm³/mol. The quantitative estimate of drug-likeness (QED) is 0.809. The number of carbonyl (C=O) groups excluding carboxylic acids is 2. The van der Waals surface area contributed by atoms with Crippen LogP contribution in [0.2, 0.25) is 0 Å². The molecule has 2 aromatic carbocycles. The molecule has 1 fully saturated rings. The van der Waals surface area contributed by atoms with Crippen LogP contribution in [0, 0.1) is 0 Å². The van der Waals surface area contributed by atoms with Crippen molar-refractivity contribution in [3.8, 4) is 0 Å². The number of nitrogens with zero attached hydrogens (tertiary/aromatic N) is 2. The van der Waals surface area contributed by atoms with Crippen LogP contribution in [0.25, 0.3) is 10.8 Å². The summed E-state index contributed by atoms with van der Waals surface area (Å²) in [5, 5.41) is 4.64. The highest BCUT2D eigenvalue weighted by molar-refractivity contribution is 6.06. The maximum atomic E-state index is 11.8. The molecule has 1 N–H and O–H groups in total. The molecule has 1 saturated heterocycles. The number of amides is 2. The molecule has 0 aliphatic carbocycles. The first-order valence-corrected chi connectivity index (χ1v) is 6.86. The van der Waals surface area contributed by atoms with E-state index in [0.29, 0.717) is 6.54 Å². The van der Waals surface area contributed by atoms with Crippen molar-refractivity contribution in [2.24, 2.45) is 4.99 Å². The second-order valence-electron chi connectivity index (χ2n) is 5.38. The maximum absolute atomic E-state index is 11.8. The SMILES string of the molecule is O=C1CC(N2C=Nc3cc4ccccc4cc3C2)C(=O)N1. The van der Waals surface area contributed by atoms with E-state index in [0.717, 1.165) is 22.0 Å². The van der Waals surface area contributed by atoms with Crippen LogP contribution in [-0.4, -0.2) is 29.1 Å². The molecule has 2 aliphatic heterocycles. The molecule has 0 radical (unpaired) electrons. The number of rotatable bonds is 1. The minimum atomic E-state index is -0.444. The Bertz CT molecular complexity index is 797. The van der Waals surface area contributed by atoms with Crippen molar-refractivity contribution in [1.29, 1.82) is 0 Å². The van der Waals surface area contributed by atoms with E-state index < -0.39 is 6.04 Å². The monoisotopic (exact) mass is 279 g/mol.